The van der Waals surface area contributed by atoms with E-state index >= 15 is 0 Å². The topological polar surface area (TPSA) is 23.8 Å². The van der Waals surface area contributed by atoms with Crippen LogP contribution in [0.4, 0.5) is 0 Å². The summed E-state index contributed by atoms with van der Waals surface area (Å²) in [5.74, 6) is 0. The van der Waals surface area contributed by atoms with Crippen LogP contribution in [0.15, 0.2) is 0 Å². The molecule has 0 unspecified atom stereocenters. The Morgan fingerprint density at radius 1 is 1.75 bits per heavy atom. The van der Waals surface area contributed by atoms with Crippen molar-refractivity contribution in [1.29, 1.82) is 5.26 Å². The molecule has 0 bridgehead atoms. The minimum absolute atomic E-state index is 0. The van der Waals surface area contributed by atoms with Gasteiger partial charge in [-0.3, -0.25) is 0 Å². The van der Waals surface area contributed by atoms with E-state index in [9.17, 15) is 0 Å². The Bertz CT molecular complexity index is 27.5. The van der Waals surface area contributed by atoms with Gasteiger partial charge in [0.2, 0.25) is 0 Å². The fourth-order valence-electron chi connectivity index (χ4n) is 0. The second-order valence-electron chi connectivity index (χ2n) is 0.224. The summed E-state index contributed by atoms with van der Waals surface area (Å²) in [5.41, 5.74) is 0. The molecule has 1 nitrogen and oxygen atoms in total. The minimum atomic E-state index is 0. The van der Waals surface area contributed by atoms with Gasteiger partial charge in [0.25, 0.3) is 0 Å². The number of nitrogens with zero attached hydrogens (tertiary/aromatic N) is 1. The summed E-state index contributed by atoms with van der Waals surface area (Å²) in [6.07, 6.45) is 0. The number of hydrogen-bond donors (Lipinski definition) is 0. The van der Waals surface area contributed by atoms with Gasteiger partial charge in [-0.15, -0.1) is 0 Å². The molecule has 0 aliphatic carbocycles. The van der Waals surface area contributed by atoms with Crippen molar-refractivity contribution in [3.05, 3.63) is 0 Å². The van der Waals surface area contributed by atoms with Gasteiger partial charge in [-0.05, 0) is 0 Å². The summed E-state index contributed by atoms with van der Waals surface area (Å²) < 4.78 is 0. The van der Waals surface area contributed by atoms with Crippen molar-refractivity contribution in [3.63, 3.8) is 0 Å². The molecule has 0 saturated heterocycles. The predicted molar refractivity (Wildman–Crippen MR) is 17.0 cm³/mol. The molecule has 17 valence electrons. The Balaban J connectivity index is 0. The zero-order chi connectivity index (χ0) is 2.71. The third kappa shape index (κ3) is 323. The smallest absolute Gasteiger partial charge is 0.0587 e. The molecule has 0 aromatic heterocycles. The van der Waals surface area contributed by atoms with E-state index < -0.39 is 0 Å². The molecule has 1 radical (unpaired) electrons. The minimum Gasteiger partial charge on any atom is -0.199 e. The Labute approximate surface area is 37.8 Å². The van der Waals surface area contributed by atoms with Gasteiger partial charge in [0.15, 0.2) is 0 Å². The number of hydrogen-bond acceptors (Lipinski definition) is 1. The normalized spacial score (nSPS) is 2.00. The standard InChI is InChI=1S/C2H3N.Li/c1-2-3;/h1H3;. The maximum absolute atomic E-state index is 7.32. The molecule has 2 heteroatoms. The molecule has 0 aliphatic rings. The molecular weight excluding hydrogens is 45.0 g/mol. The van der Waals surface area contributed by atoms with Crippen molar-refractivity contribution in [1.82, 2.24) is 0 Å². The molecule has 0 spiro atoms. The van der Waals surface area contributed by atoms with E-state index in [1.807, 2.05) is 0 Å². The van der Waals surface area contributed by atoms with Crippen LogP contribution in [0.1, 0.15) is 6.92 Å². The number of rotatable bonds is 0. The first-order valence-corrected chi connectivity index (χ1v) is 0.724. The van der Waals surface area contributed by atoms with Crippen LogP contribution in [0.5, 0.6) is 0 Å². The van der Waals surface area contributed by atoms with Crippen molar-refractivity contribution in [2.45, 2.75) is 6.92 Å². The molecule has 0 aromatic carbocycles. The second kappa shape index (κ2) is 11.4. The second-order valence-corrected chi connectivity index (χ2v) is 0.224. The van der Waals surface area contributed by atoms with E-state index in [1.165, 1.54) is 6.92 Å². The Kier molecular flexibility index (Phi) is 25.4. The van der Waals surface area contributed by atoms with Gasteiger partial charge in [-0.1, -0.05) is 0 Å². The molecular formula is C2H3LiN. The van der Waals surface area contributed by atoms with Crippen molar-refractivity contribution in [2.75, 3.05) is 0 Å². The third-order valence-corrected chi connectivity index (χ3v) is 0. The average molecular weight is 48.0 g/mol. The zero-order valence-electron chi connectivity index (χ0n) is 2.95. The van der Waals surface area contributed by atoms with E-state index in [0.717, 1.165) is 0 Å². The molecule has 0 aliphatic heterocycles. The summed E-state index contributed by atoms with van der Waals surface area (Å²) in [6, 6.07) is 1.75. The molecule has 4 heavy (non-hydrogen) atoms. The summed E-state index contributed by atoms with van der Waals surface area (Å²) in [5, 5.41) is 7.32. The van der Waals surface area contributed by atoms with E-state index in [1.54, 1.807) is 6.07 Å². The Morgan fingerprint density at radius 2 is 1.75 bits per heavy atom. The quantitative estimate of drug-likeness (QED) is 0.357. The van der Waals surface area contributed by atoms with Crippen molar-refractivity contribution in [3.8, 4) is 6.07 Å². The van der Waals surface area contributed by atoms with Crippen LogP contribution in [-0.4, -0.2) is 18.9 Å². The van der Waals surface area contributed by atoms with Crippen LogP contribution in [0.25, 0.3) is 0 Å². The van der Waals surface area contributed by atoms with Gasteiger partial charge in [-0.2, -0.15) is 5.26 Å². The third-order valence-electron chi connectivity index (χ3n) is 0. The van der Waals surface area contributed by atoms with Crippen molar-refractivity contribution >= 4 is 18.9 Å². The van der Waals surface area contributed by atoms with E-state index in [4.69, 9.17) is 5.26 Å². The van der Waals surface area contributed by atoms with Crippen LogP contribution in [0.3, 0.4) is 0 Å². The van der Waals surface area contributed by atoms with Crippen molar-refractivity contribution in [2.24, 2.45) is 0 Å². The van der Waals surface area contributed by atoms with Gasteiger partial charge in [0.05, 0.1) is 6.07 Å². The molecule has 0 saturated carbocycles. The maximum Gasteiger partial charge on any atom is 0.0587 e. The molecule has 0 aromatic rings. The molecule has 0 amide bonds. The fourth-order valence-corrected chi connectivity index (χ4v) is 0. The SMILES string of the molecule is CC#N.[Li]. The largest absolute Gasteiger partial charge is 0.199 e. The van der Waals surface area contributed by atoms with E-state index in [0.29, 0.717) is 0 Å². The maximum atomic E-state index is 7.32. The van der Waals surface area contributed by atoms with Crippen molar-refractivity contribution < 1.29 is 0 Å². The first-order chi connectivity index (χ1) is 1.41. The van der Waals surface area contributed by atoms with Crippen LogP contribution in [0.2, 0.25) is 0 Å². The first kappa shape index (κ1) is 8.94. The van der Waals surface area contributed by atoms with E-state index in [2.05, 4.69) is 0 Å². The van der Waals surface area contributed by atoms with Crippen LogP contribution >= 0.6 is 0 Å². The van der Waals surface area contributed by atoms with Crippen LogP contribution in [0, 0.1) is 11.3 Å². The van der Waals surface area contributed by atoms with Gasteiger partial charge in [0, 0.05) is 25.8 Å². The Morgan fingerprint density at radius 3 is 1.75 bits per heavy atom. The molecule has 0 atom stereocenters. The monoisotopic (exact) mass is 48.0 g/mol. The summed E-state index contributed by atoms with van der Waals surface area (Å²) in [4.78, 5) is 0. The Hall–Kier alpha value is 0.0874. The predicted octanol–water partition coefficient (Wildman–Crippen LogP) is 0.149. The first-order valence-electron chi connectivity index (χ1n) is 0.724. The van der Waals surface area contributed by atoms with Gasteiger partial charge < -0.3 is 0 Å². The summed E-state index contributed by atoms with van der Waals surface area (Å²) in [6.45, 7) is 1.43. The van der Waals surface area contributed by atoms with Crippen LogP contribution < -0.4 is 0 Å². The summed E-state index contributed by atoms with van der Waals surface area (Å²) >= 11 is 0. The van der Waals surface area contributed by atoms with Gasteiger partial charge in [0.1, 0.15) is 0 Å². The molecule has 0 fully saturated rings. The summed E-state index contributed by atoms with van der Waals surface area (Å²) in [7, 11) is 0. The number of nitriles is 1. The molecule has 0 heterocycles. The average Bonchev–Trinajstić information content (AvgIpc) is 0.918. The molecule has 0 rings (SSSR count). The fraction of sp³-hybridized carbons (Fsp3) is 0.500. The zero-order valence-corrected chi connectivity index (χ0v) is 2.95. The van der Waals surface area contributed by atoms with Crippen LogP contribution in [-0.2, 0) is 0 Å². The van der Waals surface area contributed by atoms with Gasteiger partial charge >= 0.3 is 0 Å². The molecule has 0 N–H and O–H groups in total. The van der Waals surface area contributed by atoms with E-state index in [-0.39, 0.29) is 18.9 Å². The van der Waals surface area contributed by atoms with Gasteiger partial charge in [-0.25, -0.2) is 0 Å².